The normalized spacial score (nSPS) is 12.4. The average molecular weight is 315 g/mol. The van der Waals surface area contributed by atoms with Gasteiger partial charge in [0.2, 0.25) is 0 Å². The predicted molar refractivity (Wildman–Crippen MR) is 69.5 cm³/mol. The van der Waals surface area contributed by atoms with E-state index in [-0.39, 0.29) is 6.54 Å². The Morgan fingerprint density at radius 1 is 1.42 bits per heavy atom. The van der Waals surface area contributed by atoms with E-state index >= 15 is 0 Å². The van der Waals surface area contributed by atoms with Gasteiger partial charge in [-0.05, 0) is 26.0 Å². The van der Waals surface area contributed by atoms with Gasteiger partial charge in [-0.15, -0.1) is 11.3 Å². The number of urea groups is 1. The predicted octanol–water partition coefficient (Wildman–Crippen LogP) is 3.88. The number of hydrogen-bond donors (Lipinski definition) is 1. The van der Waals surface area contributed by atoms with Gasteiger partial charge >= 0.3 is 12.2 Å². The van der Waals surface area contributed by atoms with E-state index < -0.39 is 17.7 Å². The SMILES string of the molecule is CN(Cc1ccc(Cl)s1)C(=O)NC(C)(C)C(F)(F)F. The first kappa shape index (κ1) is 16.1. The maximum Gasteiger partial charge on any atom is 0.411 e. The molecule has 0 unspecified atom stereocenters. The molecule has 0 saturated heterocycles. The summed E-state index contributed by atoms with van der Waals surface area (Å²) < 4.78 is 38.5. The summed E-state index contributed by atoms with van der Waals surface area (Å²) in [5.41, 5.74) is -2.27. The van der Waals surface area contributed by atoms with Gasteiger partial charge in [0.05, 0.1) is 10.9 Å². The van der Waals surface area contributed by atoms with Gasteiger partial charge in [0.15, 0.2) is 0 Å². The molecule has 0 aromatic carbocycles. The van der Waals surface area contributed by atoms with Crippen molar-refractivity contribution in [3.63, 3.8) is 0 Å². The number of nitrogens with zero attached hydrogens (tertiary/aromatic N) is 1. The van der Waals surface area contributed by atoms with E-state index in [1.165, 1.54) is 23.3 Å². The van der Waals surface area contributed by atoms with Crippen molar-refractivity contribution in [1.29, 1.82) is 0 Å². The number of carbonyl (C=O) groups excluding carboxylic acids is 1. The Balaban J connectivity index is 2.63. The first-order chi connectivity index (χ1) is 8.53. The molecule has 108 valence electrons. The molecule has 1 rings (SSSR count). The second-order valence-electron chi connectivity index (χ2n) is 4.61. The van der Waals surface area contributed by atoms with E-state index in [2.05, 4.69) is 0 Å². The fourth-order valence-electron chi connectivity index (χ4n) is 1.18. The molecule has 0 spiro atoms. The van der Waals surface area contributed by atoms with E-state index in [1.54, 1.807) is 12.1 Å². The molecule has 0 atom stereocenters. The number of thiophene rings is 1. The molecule has 8 heteroatoms. The Hall–Kier alpha value is -0.950. The number of carbonyl (C=O) groups is 1. The standard InChI is InChI=1S/C11H14ClF3N2OS/c1-10(2,11(13,14)15)16-9(18)17(3)6-7-4-5-8(12)19-7/h4-5H,6H2,1-3H3,(H,16,18). The highest BCUT2D eigenvalue weighted by Gasteiger charge is 2.48. The largest absolute Gasteiger partial charge is 0.411 e. The first-order valence-corrected chi connectivity index (χ1v) is 6.56. The van der Waals surface area contributed by atoms with Crippen molar-refractivity contribution in [1.82, 2.24) is 10.2 Å². The first-order valence-electron chi connectivity index (χ1n) is 5.37. The molecule has 0 aliphatic rings. The summed E-state index contributed by atoms with van der Waals surface area (Å²) in [6.45, 7) is 2.04. The van der Waals surface area contributed by atoms with Gasteiger partial charge in [0, 0.05) is 11.9 Å². The zero-order valence-electron chi connectivity index (χ0n) is 10.6. The van der Waals surface area contributed by atoms with Crippen LogP contribution in [0, 0.1) is 0 Å². The lowest BCUT2D eigenvalue weighted by Crippen LogP contribution is -2.56. The summed E-state index contributed by atoms with van der Waals surface area (Å²) in [5.74, 6) is 0. The van der Waals surface area contributed by atoms with Crippen LogP contribution >= 0.6 is 22.9 Å². The average Bonchev–Trinajstić information content (AvgIpc) is 2.61. The number of alkyl halides is 3. The molecule has 0 fully saturated rings. The highest BCUT2D eigenvalue weighted by molar-refractivity contribution is 7.16. The summed E-state index contributed by atoms with van der Waals surface area (Å²) in [6.07, 6.45) is -4.50. The van der Waals surface area contributed by atoms with Crippen LogP contribution in [0.4, 0.5) is 18.0 Å². The minimum atomic E-state index is -4.50. The molecule has 0 aliphatic heterocycles. The van der Waals surface area contributed by atoms with Crippen molar-refractivity contribution in [3.8, 4) is 0 Å². The van der Waals surface area contributed by atoms with Crippen LogP contribution in [0.15, 0.2) is 12.1 Å². The van der Waals surface area contributed by atoms with E-state index in [0.717, 1.165) is 18.7 Å². The van der Waals surface area contributed by atoms with Crippen molar-refractivity contribution in [2.24, 2.45) is 0 Å². The molecule has 1 heterocycles. The number of hydrogen-bond acceptors (Lipinski definition) is 2. The van der Waals surface area contributed by atoms with Crippen LogP contribution in [0.3, 0.4) is 0 Å². The molecule has 3 nitrogen and oxygen atoms in total. The van der Waals surface area contributed by atoms with Crippen molar-refractivity contribution < 1.29 is 18.0 Å². The maximum atomic E-state index is 12.6. The summed E-state index contributed by atoms with van der Waals surface area (Å²) in [6, 6.07) is 2.62. The minimum Gasteiger partial charge on any atom is -0.324 e. The lowest BCUT2D eigenvalue weighted by molar-refractivity contribution is -0.182. The Bertz CT molecular complexity index is 459. The lowest BCUT2D eigenvalue weighted by Gasteiger charge is -2.31. The summed E-state index contributed by atoms with van der Waals surface area (Å²) in [4.78, 5) is 13.7. The van der Waals surface area contributed by atoms with Crippen molar-refractivity contribution >= 4 is 29.0 Å². The van der Waals surface area contributed by atoms with Gasteiger partial charge in [0.1, 0.15) is 5.54 Å². The quantitative estimate of drug-likeness (QED) is 0.902. The maximum absolute atomic E-state index is 12.6. The van der Waals surface area contributed by atoms with Gasteiger partial charge in [-0.2, -0.15) is 13.2 Å². The third-order valence-electron chi connectivity index (χ3n) is 2.50. The van der Waals surface area contributed by atoms with Gasteiger partial charge in [-0.1, -0.05) is 11.6 Å². The fraction of sp³-hybridized carbons (Fsp3) is 0.545. The molecule has 1 aromatic rings. The zero-order valence-corrected chi connectivity index (χ0v) is 12.2. The van der Waals surface area contributed by atoms with Gasteiger partial charge < -0.3 is 10.2 Å². The third kappa shape index (κ3) is 4.28. The lowest BCUT2D eigenvalue weighted by atomic mass is 10.1. The highest BCUT2D eigenvalue weighted by atomic mass is 35.5. The van der Waals surface area contributed by atoms with Crippen LogP contribution in [0.25, 0.3) is 0 Å². The summed E-state index contributed by atoms with van der Waals surface area (Å²) in [7, 11) is 1.43. The highest BCUT2D eigenvalue weighted by Crippen LogP contribution is 2.29. The second kappa shape index (κ2) is 5.58. The monoisotopic (exact) mass is 314 g/mol. The number of halogens is 4. The van der Waals surface area contributed by atoms with Crippen molar-refractivity contribution in [2.45, 2.75) is 32.1 Å². The smallest absolute Gasteiger partial charge is 0.324 e. The van der Waals surface area contributed by atoms with Crippen LogP contribution in [0.5, 0.6) is 0 Å². The molecule has 1 N–H and O–H groups in total. The van der Waals surface area contributed by atoms with E-state index in [4.69, 9.17) is 11.6 Å². The molecule has 19 heavy (non-hydrogen) atoms. The molecule has 2 amide bonds. The fourth-order valence-corrected chi connectivity index (χ4v) is 2.32. The molecule has 0 aliphatic carbocycles. The topological polar surface area (TPSA) is 32.3 Å². The minimum absolute atomic E-state index is 0.206. The van der Waals surface area contributed by atoms with Crippen LogP contribution < -0.4 is 5.32 Å². The third-order valence-corrected chi connectivity index (χ3v) is 3.71. The molecular weight excluding hydrogens is 301 g/mol. The Morgan fingerprint density at radius 2 is 2.00 bits per heavy atom. The molecule has 0 radical (unpaired) electrons. The van der Waals surface area contributed by atoms with Crippen molar-refractivity contribution in [2.75, 3.05) is 7.05 Å². The van der Waals surface area contributed by atoms with Crippen molar-refractivity contribution in [3.05, 3.63) is 21.3 Å². The van der Waals surface area contributed by atoms with Crippen LogP contribution in [0.1, 0.15) is 18.7 Å². The second-order valence-corrected chi connectivity index (χ2v) is 6.41. The molecular formula is C11H14ClF3N2OS. The Labute approximate surface area is 118 Å². The molecule has 0 saturated carbocycles. The number of nitrogens with one attached hydrogen (secondary N) is 1. The zero-order chi connectivity index (χ0) is 14.8. The Kier molecular flexibility index (Phi) is 4.73. The summed E-state index contributed by atoms with van der Waals surface area (Å²) >= 11 is 7.02. The van der Waals surface area contributed by atoms with Crippen LogP contribution in [-0.2, 0) is 6.54 Å². The Morgan fingerprint density at radius 3 is 2.42 bits per heavy atom. The number of rotatable bonds is 3. The summed E-state index contributed by atoms with van der Waals surface area (Å²) in [5, 5.41) is 1.96. The molecule has 1 aromatic heterocycles. The molecule has 0 bridgehead atoms. The van der Waals surface area contributed by atoms with E-state index in [0.29, 0.717) is 4.34 Å². The van der Waals surface area contributed by atoms with Gasteiger partial charge in [0.25, 0.3) is 0 Å². The van der Waals surface area contributed by atoms with E-state index in [1.807, 2.05) is 5.32 Å². The van der Waals surface area contributed by atoms with E-state index in [9.17, 15) is 18.0 Å². The van der Waals surface area contributed by atoms with Gasteiger partial charge in [-0.25, -0.2) is 4.79 Å². The number of amides is 2. The van der Waals surface area contributed by atoms with Gasteiger partial charge in [-0.3, -0.25) is 0 Å². The van der Waals surface area contributed by atoms with Crippen LogP contribution in [-0.4, -0.2) is 29.7 Å². The van der Waals surface area contributed by atoms with Crippen LogP contribution in [0.2, 0.25) is 4.34 Å².